The Hall–Kier alpha value is -2.09. The van der Waals surface area contributed by atoms with Crippen molar-refractivity contribution in [2.45, 2.75) is 51.7 Å². The van der Waals surface area contributed by atoms with E-state index in [-0.39, 0.29) is 36.4 Å². The summed E-state index contributed by atoms with van der Waals surface area (Å²) < 4.78 is 32.2. The van der Waals surface area contributed by atoms with Crippen LogP contribution in [-0.2, 0) is 20.9 Å². The number of benzene rings is 1. The van der Waals surface area contributed by atoms with Gasteiger partial charge >= 0.3 is 5.97 Å². The summed E-state index contributed by atoms with van der Waals surface area (Å²) in [6.07, 6.45) is 1.36. The summed E-state index contributed by atoms with van der Waals surface area (Å²) in [4.78, 5) is 26.6. The van der Waals surface area contributed by atoms with Gasteiger partial charge in [0.05, 0.1) is 12.1 Å². The number of likely N-dealkylation sites (tertiary alicyclic amines) is 1. The maximum absolute atomic E-state index is 14.0. The van der Waals surface area contributed by atoms with Crippen LogP contribution >= 0.6 is 12.2 Å². The van der Waals surface area contributed by atoms with Crippen molar-refractivity contribution in [1.29, 1.82) is 0 Å². The van der Waals surface area contributed by atoms with Gasteiger partial charge in [-0.3, -0.25) is 4.79 Å². The third kappa shape index (κ3) is 5.22. The number of methoxy groups -OCH3 is 1. The van der Waals surface area contributed by atoms with E-state index >= 15 is 0 Å². The number of amides is 1. The van der Waals surface area contributed by atoms with E-state index in [1.165, 1.54) is 19.2 Å². The molecule has 148 valence electrons. The standard InChI is InChI=1S/C19H24F2N2O3S/c1-11(2)18(19(25)26-3)22-15(24)9-13-7-8-16(27)23(13)10-12-5-4-6-14(20)17(12)21/h4-6,11,13,18H,7-10H2,1-3H3,(H,22,24)/t13-,18-/m0/s1. The normalized spacial score (nSPS) is 17.9. The molecular weight excluding hydrogens is 374 g/mol. The number of thiocarbonyl (C=S) groups is 1. The van der Waals surface area contributed by atoms with Crippen LogP contribution in [0.4, 0.5) is 8.78 Å². The SMILES string of the molecule is COC(=O)[C@@H](NC(=O)C[C@@H]1CCC(=S)N1Cc1cccc(F)c1F)C(C)C. The number of carbonyl (C=O) groups is 2. The van der Waals surface area contributed by atoms with Crippen molar-refractivity contribution in [3.63, 3.8) is 0 Å². The lowest BCUT2D eigenvalue weighted by Crippen LogP contribution is -2.46. The second-order valence-corrected chi connectivity index (χ2v) is 7.41. The van der Waals surface area contributed by atoms with Crippen LogP contribution in [-0.4, -0.2) is 41.0 Å². The molecule has 5 nitrogen and oxygen atoms in total. The Morgan fingerprint density at radius 2 is 2.07 bits per heavy atom. The molecule has 0 bridgehead atoms. The number of rotatable bonds is 7. The van der Waals surface area contributed by atoms with Crippen molar-refractivity contribution in [2.75, 3.05) is 7.11 Å². The van der Waals surface area contributed by atoms with Crippen LogP contribution in [0.25, 0.3) is 0 Å². The van der Waals surface area contributed by atoms with E-state index in [0.717, 1.165) is 6.07 Å². The van der Waals surface area contributed by atoms with Crippen LogP contribution in [0, 0.1) is 17.6 Å². The number of carbonyl (C=O) groups excluding carboxylic acids is 2. The molecule has 27 heavy (non-hydrogen) atoms. The maximum Gasteiger partial charge on any atom is 0.328 e. The van der Waals surface area contributed by atoms with Crippen molar-refractivity contribution >= 4 is 29.1 Å². The number of halogens is 2. The fourth-order valence-electron chi connectivity index (χ4n) is 3.15. The summed E-state index contributed by atoms with van der Waals surface area (Å²) in [6.45, 7) is 3.72. The van der Waals surface area contributed by atoms with Gasteiger partial charge in [0.25, 0.3) is 0 Å². The van der Waals surface area contributed by atoms with E-state index in [4.69, 9.17) is 17.0 Å². The van der Waals surface area contributed by atoms with Gasteiger partial charge in [-0.2, -0.15) is 0 Å². The summed E-state index contributed by atoms with van der Waals surface area (Å²) in [5.41, 5.74) is 0.194. The molecule has 1 fully saturated rings. The Labute approximate surface area is 163 Å². The Morgan fingerprint density at radius 3 is 2.70 bits per heavy atom. The first-order valence-electron chi connectivity index (χ1n) is 8.84. The summed E-state index contributed by atoms with van der Waals surface area (Å²) >= 11 is 5.34. The highest BCUT2D eigenvalue weighted by molar-refractivity contribution is 7.80. The Morgan fingerprint density at radius 1 is 1.37 bits per heavy atom. The summed E-state index contributed by atoms with van der Waals surface area (Å²) in [5, 5.41) is 2.70. The summed E-state index contributed by atoms with van der Waals surface area (Å²) in [5.74, 6) is -2.74. The van der Waals surface area contributed by atoms with Gasteiger partial charge in [-0.25, -0.2) is 13.6 Å². The first-order valence-corrected chi connectivity index (χ1v) is 9.25. The third-order valence-electron chi connectivity index (χ3n) is 4.68. The van der Waals surface area contributed by atoms with Gasteiger partial charge in [0, 0.05) is 24.6 Å². The second kappa shape index (κ2) is 9.21. The minimum Gasteiger partial charge on any atom is -0.467 e. The van der Waals surface area contributed by atoms with Gasteiger partial charge in [0.1, 0.15) is 6.04 Å². The van der Waals surface area contributed by atoms with E-state index in [9.17, 15) is 18.4 Å². The number of nitrogens with zero attached hydrogens (tertiary/aromatic N) is 1. The molecule has 1 aliphatic heterocycles. The highest BCUT2D eigenvalue weighted by Crippen LogP contribution is 2.26. The molecule has 1 amide bonds. The highest BCUT2D eigenvalue weighted by Gasteiger charge is 2.32. The molecule has 0 aromatic heterocycles. The van der Waals surface area contributed by atoms with E-state index < -0.39 is 23.6 Å². The molecule has 2 rings (SSSR count). The second-order valence-electron chi connectivity index (χ2n) is 6.94. The Balaban J connectivity index is 2.06. The monoisotopic (exact) mass is 398 g/mol. The molecule has 1 aliphatic rings. The predicted molar refractivity (Wildman–Crippen MR) is 101 cm³/mol. The van der Waals surface area contributed by atoms with Crippen LogP contribution in [0.2, 0.25) is 0 Å². The molecular formula is C19H24F2N2O3S. The smallest absolute Gasteiger partial charge is 0.328 e. The minimum atomic E-state index is -0.912. The molecule has 0 spiro atoms. The quantitative estimate of drug-likeness (QED) is 0.565. The zero-order chi connectivity index (χ0) is 20.1. The van der Waals surface area contributed by atoms with E-state index in [0.29, 0.717) is 17.8 Å². The Kier molecular flexibility index (Phi) is 7.24. The lowest BCUT2D eigenvalue weighted by Gasteiger charge is -2.27. The van der Waals surface area contributed by atoms with Crippen LogP contribution in [0.1, 0.15) is 38.7 Å². The van der Waals surface area contributed by atoms with Crippen molar-refractivity contribution in [3.8, 4) is 0 Å². The summed E-state index contributed by atoms with van der Waals surface area (Å²) in [7, 11) is 1.27. The van der Waals surface area contributed by atoms with Crippen molar-refractivity contribution in [1.82, 2.24) is 10.2 Å². The van der Waals surface area contributed by atoms with Gasteiger partial charge in [-0.1, -0.05) is 38.2 Å². The maximum atomic E-state index is 14.0. The average molecular weight is 398 g/mol. The third-order valence-corrected chi connectivity index (χ3v) is 5.12. The molecule has 8 heteroatoms. The average Bonchev–Trinajstić information content (AvgIpc) is 2.95. The van der Waals surface area contributed by atoms with Crippen molar-refractivity contribution in [3.05, 3.63) is 35.4 Å². The first-order chi connectivity index (χ1) is 12.7. The fraction of sp³-hybridized carbons (Fsp3) is 0.526. The molecule has 2 atom stereocenters. The number of nitrogens with one attached hydrogen (secondary N) is 1. The van der Waals surface area contributed by atoms with Gasteiger partial charge in [0.2, 0.25) is 5.91 Å². The molecule has 1 aromatic carbocycles. The fourth-order valence-corrected chi connectivity index (χ4v) is 3.48. The topological polar surface area (TPSA) is 58.6 Å². The minimum absolute atomic E-state index is 0.102. The molecule has 1 heterocycles. The zero-order valence-corrected chi connectivity index (χ0v) is 16.4. The van der Waals surface area contributed by atoms with Crippen LogP contribution in [0.5, 0.6) is 0 Å². The van der Waals surface area contributed by atoms with Crippen LogP contribution in [0.15, 0.2) is 18.2 Å². The van der Waals surface area contributed by atoms with Gasteiger partial charge in [0.15, 0.2) is 11.6 Å². The van der Waals surface area contributed by atoms with Crippen molar-refractivity contribution < 1.29 is 23.1 Å². The lowest BCUT2D eigenvalue weighted by atomic mass is 10.0. The number of ether oxygens (including phenoxy) is 1. The van der Waals surface area contributed by atoms with Gasteiger partial charge in [-0.05, 0) is 24.8 Å². The molecule has 1 N–H and O–H groups in total. The molecule has 0 aliphatic carbocycles. The van der Waals surface area contributed by atoms with Crippen molar-refractivity contribution in [2.24, 2.45) is 5.92 Å². The summed E-state index contributed by atoms with van der Waals surface area (Å²) in [6, 6.07) is 3.04. The van der Waals surface area contributed by atoms with E-state index in [2.05, 4.69) is 5.32 Å². The van der Waals surface area contributed by atoms with Gasteiger partial charge < -0.3 is 15.0 Å². The molecule has 1 aromatic rings. The lowest BCUT2D eigenvalue weighted by molar-refractivity contribution is -0.146. The Bertz CT molecular complexity index is 727. The number of hydrogen-bond acceptors (Lipinski definition) is 4. The largest absolute Gasteiger partial charge is 0.467 e. The molecule has 0 saturated carbocycles. The van der Waals surface area contributed by atoms with Crippen LogP contribution < -0.4 is 5.32 Å². The molecule has 1 saturated heterocycles. The highest BCUT2D eigenvalue weighted by atomic mass is 32.1. The first kappa shape index (κ1) is 21.2. The number of hydrogen-bond donors (Lipinski definition) is 1. The van der Waals surface area contributed by atoms with E-state index in [1.54, 1.807) is 4.90 Å². The number of esters is 1. The van der Waals surface area contributed by atoms with E-state index in [1.807, 2.05) is 13.8 Å². The molecule has 0 unspecified atom stereocenters. The van der Waals surface area contributed by atoms with Gasteiger partial charge in [-0.15, -0.1) is 0 Å². The van der Waals surface area contributed by atoms with Crippen LogP contribution in [0.3, 0.4) is 0 Å². The predicted octanol–water partition coefficient (Wildman–Crippen LogP) is 2.96. The zero-order valence-electron chi connectivity index (χ0n) is 15.6. The molecule has 0 radical (unpaired) electrons.